The molecule has 2 amide bonds. The van der Waals surface area contributed by atoms with Crippen molar-refractivity contribution in [3.63, 3.8) is 0 Å². The molecule has 0 radical (unpaired) electrons. The molecule has 0 saturated heterocycles. The Bertz CT molecular complexity index is 910. The van der Waals surface area contributed by atoms with E-state index in [0.29, 0.717) is 29.2 Å². The van der Waals surface area contributed by atoms with Crippen LogP contribution < -0.4 is 10.6 Å². The number of nitrogens with one attached hydrogen (secondary N) is 2. The van der Waals surface area contributed by atoms with Crippen molar-refractivity contribution >= 4 is 23.4 Å². The average molecular weight is 380 g/mol. The fourth-order valence-corrected chi connectivity index (χ4v) is 2.57. The van der Waals surface area contributed by atoms with Crippen LogP contribution in [0.1, 0.15) is 31.8 Å². The molecule has 3 aromatic rings. The molecule has 1 heterocycles. The maximum Gasteiger partial charge on any atom is 0.251 e. The zero-order chi connectivity index (χ0) is 19.1. The van der Waals surface area contributed by atoms with Gasteiger partial charge in [-0.25, -0.2) is 0 Å². The highest BCUT2D eigenvalue weighted by molar-refractivity contribution is 6.30. The predicted octanol–water partition coefficient (Wildman–Crippen LogP) is 3.60. The van der Waals surface area contributed by atoms with Gasteiger partial charge in [-0.05, 0) is 53.6 Å². The van der Waals surface area contributed by atoms with Crippen LogP contribution in [0.25, 0.3) is 0 Å². The van der Waals surface area contributed by atoms with Gasteiger partial charge in [0, 0.05) is 41.6 Å². The highest BCUT2D eigenvalue weighted by Gasteiger charge is 2.09. The molecule has 6 heteroatoms. The third-order valence-electron chi connectivity index (χ3n) is 3.95. The van der Waals surface area contributed by atoms with Crippen LogP contribution in [0.2, 0.25) is 5.02 Å². The first-order valence-corrected chi connectivity index (χ1v) is 8.79. The second-order valence-corrected chi connectivity index (χ2v) is 6.37. The minimum atomic E-state index is -0.202. The molecule has 2 N–H and O–H groups in total. The second-order valence-electron chi connectivity index (χ2n) is 5.93. The molecule has 5 nitrogen and oxygen atoms in total. The maximum atomic E-state index is 12.2. The average Bonchev–Trinajstić information content (AvgIpc) is 2.72. The number of carbonyl (C=O) groups is 2. The van der Waals surface area contributed by atoms with Gasteiger partial charge >= 0.3 is 0 Å². The van der Waals surface area contributed by atoms with Crippen molar-refractivity contribution in [1.29, 1.82) is 0 Å². The van der Waals surface area contributed by atoms with E-state index in [1.807, 2.05) is 24.3 Å². The molecule has 0 unspecified atom stereocenters. The number of rotatable bonds is 6. The van der Waals surface area contributed by atoms with E-state index in [-0.39, 0.29) is 11.8 Å². The van der Waals surface area contributed by atoms with Gasteiger partial charge in [-0.1, -0.05) is 29.8 Å². The van der Waals surface area contributed by atoms with Gasteiger partial charge in [0.05, 0.1) is 0 Å². The summed E-state index contributed by atoms with van der Waals surface area (Å²) in [7, 11) is 0. The smallest absolute Gasteiger partial charge is 0.251 e. The Morgan fingerprint density at radius 2 is 1.33 bits per heavy atom. The van der Waals surface area contributed by atoms with Crippen LogP contribution in [0, 0.1) is 0 Å². The number of amides is 2. The fourth-order valence-electron chi connectivity index (χ4n) is 2.45. The van der Waals surface area contributed by atoms with Crippen LogP contribution in [0.5, 0.6) is 0 Å². The molecule has 3 rings (SSSR count). The summed E-state index contributed by atoms with van der Waals surface area (Å²) in [6.45, 7) is 0.805. The number of aromatic nitrogens is 1. The Morgan fingerprint density at radius 3 is 1.85 bits per heavy atom. The number of halogens is 1. The molecular weight excluding hydrogens is 362 g/mol. The third kappa shape index (κ3) is 5.39. The van der Waals surface area contributed by atoms with Crippen molar-refractivity contribution in [1.82, 2.24) is 15.6 Å². The number of nitrogens with zero attached hydrogens (tertiary/aromatic N) is 1. The lowest BCUT2D eigenvalue weighted by Crippen LogP contribution is -2.24. The summed E-state index contributed by atoms with van der Waals surface area (Å²) in [4.78, 5) is 28.4. The molecule has 0 aliphatic carbocycles. The molecule has 2 aromatic carbocycles. The maximum absolute atomic E-state index is 12.2. The second kappa shape index (κ2) is 8.96. The fraction of sp³-hybridized carbons (Fsp3) is 0.0952. The summed E-state index contributed by atoms with van der Waals surface area (Å²) >= 11 is 5.84. The van der Waals surface area contributed by atoms with E-state index in [9.17, 15) is 9.59 Å². The summed E-state index contributed by atoms with van der Waals surface area (Å²) in [6, 6.07) is 17.5. The van der Waals surface area contributed by atoms with E-state index in [1.165, 1.54) is 0 Å². The van der Waals surface area contributed by atoms with Crippen molar-refractivity contribution < 1.29 is 9.59 Å². The van der Waals surface area contributed by atoms with Crippen molar-refractivity contribution in [3.05, 3.63) is 100 Å². The minimum Gasteiger partial charge on any atom is -0.348 e. The molecule has 0 fully saturated rings. The van der Waals surface area contributed by atoms with Crippen LogP contribution in [-0.4, -0.2) is 16.8 Å². The topological polar surface area (TPSA) is 71.1 Å². The van der Waals surface area contributed by atoms with Crippen molar-refractivity contribution in [2.75, 3.05) is 0 Å². The van der Waals surface area contributed by atoms with E-state index >= 15 is 0 Å². The predicted molar refractivity (Wildman–Crippen MR) is 104 cm³/mol. The van der Waals surface area contributed by atoms with Gasteiger partial charge in [0.2, 0.25) is 0 Å². The van der Waals surface area contributed by atoms with Gasteiger partial charge < -0.3 is 10.6 Å². The molecule has 0 aliphatic heterocycles. The van der Waals surface area contributed by atoms with Crippen LogP contribution in [-0.2, 0) is 13.1 Å². The highest BCUT2D eigenvalue weighted by atomic mass is 35.5. The number of hydrogen-bond acceptors (Lipinski definition) is 3. The zero-order valence-corrected chi connectivity index (χ0v) is 15.2. The first-order valence-electron chi connectivity index (χ1n) is 8.41. The summed E-state index contributed by atoms with van der Waals surface area (Å²) in [5.41, 5.74) is 2.86. The summed E-state index contributed by atoms with van der Waals surface area (Å²) in [6.07, 6.45) is 3.39. The number of carbonyl (C=O) groups excluding carboxylic acids is 2. The van der Waals surface area contributed by atoms with Gasteiger partial charge in [-0.2, -0.15) is 0 Å². The summed E-state index contributed by atoms with van der Waals surface area (Å²) in [5, 5.41) is 6.32. The SMILES string of the molecule is O=C(NCc1ccc(Cl)cc1)c1ccc(C(=O)NCc2cccnc2)cc1. The van der Waals surface area contributed by atoms with E-state index in [4.69, 9.17) is 11.6 Å². The molecule has 1 aromatic heterocycles. The molecule has 0 atom stereocenters. The quantitative estimate of drug-likeness (QED) is 0.687. The van der Waals surface area contributed by atoms with Crippen LogP contribution in [0.4, 0.5) is 0 Å². The Morgan fingerprint density at radius 1 is 0.778 bits per heavy atom. The third-order valence-corrected chi connectivity index (χ3v) is 4.20. The minimum absolute atomic E-state index is 0.202. The van der Waals surface area contributed by atoms with Crippen molar-refractivity contribution in [2.45, 2.75) is 13.1 Å². The molecule has 0 bridgehead atoms. The van der Waals surface area contributed by atoms with Gasteiger partial charge in [-0.3, -0.25) is 14.6 Å². The lowest BCUT2D eigenvalue weighted by Gasteiger charge is -2.08. The lowest BCUT2D eigenvalue weighted by molar-refractivity contribution is 0.0939. The molecule has 0 saturated carbocycles. The van der Waals surface area contributed by atoms with Gasteiger partial charge in [0.1, 0.15) is 0 Å². The number of hydrogen-bond donors (Lipinski definition) is 2. The molecular formula is C21H18ClN3O2. The van der Waals surface area contributed by atoms with E-state index in [2.05, 4.69) is 15.6 Å². The largest absolute Gasteiger partial charge is 0.348 e. The summed E-state index contributed by atoms with van der Waals surface area (Å²) < 4.78 is 0. The Labute approximate surface area is 162 Å². The monoisotopic (exact) mass is 379 g/mol. The van der Waals surface area contributed by atoms with Crippen LogP contribution in [0.3, 0.4) is 0 Å². The molecule has 27 heavy (non-hydrogen) atoms. The Kier molecular flexibility index (Phi) is 6.18. The Hall–Kier alpha value is -3.18. The molecule has 0 spiro atoms. The van der Waals surface area contributed by atoms with E-state index in [1.54, 1.807) is 48.8 Å². The highest BCUT2D eigenvalue weighted by Crippen LogP contribution is 2.10. The van der Waals surface area contributed by atoms with E-state index in [0.717, 1.165) is 11.1 Å². The standard InChI is InChI=1S/C21H18ClN3O2/c22-19-9-3-15(4-10-19)13-24-20(26)17-5-7-18(8-6-17)21(27)25-14-16-2-1-11-23-12-16/h1-12H,13-14H2,(H,24,26)(H,25,27). The van der Waals surface area contributed by atoms with Gasteiger partial charge in [0.25, 0.3) is 11.8 Å². The number of pyridine rings is 1. The van der Waals surface area contributed by atoms with E-state index < -0.39 is 0 Å². The Balaban J connectivity index is 1.53. The van der Waals surface area contributed by atoms with Crippen LogP contribution >= 0.6 is 11.6 Å². The van der Waals surface area contributed by atoms with Crippen LogP contribution in [0.15, 0.2) is 73.1 Å². The zero-order valence-electron chi connectivity index (χ0n) is 14.5. The summed E-state index contributed by atoms with van der Waals surface area (Å²) in [5.74, 6) is -0.403. The normalized spacial score (nSPS) is 10.3. The molecule has 136 valence electrons. The molecule has 0 aliphatic rings. The first kappa shape index (κ1) is 18.6. The number of benzene rings is 2. The van der Waals surface area contributed by atoms with Crippen molar-refractivity contribution in [2.24, 2.45) is 0 Å². The first-order chi connectivity index (χ1) is 13.1. The van der Waals surface area contributed by atoms with Crippen molar-refractivity contribution in [3.8, 4) is 0 Å². The lowest BCUT2D eigenvalue weighted by atomic mass is 10.1. The van der Waals surface area contributed by atoms with Gasteiger partial charge in [-0.15, -0.1) is 0 Å². The van der Waals surface area contributed by atoms with Gasteiger partial charge in [0.15, 0.2) is 0 Å².